The summed E-state index contributed by atoms with van der Waals surface area (Å²) < 4.78 is 53.1. The van der Waals surface area contributed by atoms with Crippen LogP contribution in [-0.4, -0.2) is 21.4 Å². The van der Waals surface area contributed by atoms with Gasteiger partial charge in [0, 0.05) is 6.07 Å². The maximum atomic E-state index is 14.4. The van der Waals surface area contributed by atoms with Crippen molar-refractivity contribution in [2.75, 3.05) is 7.11 Å². The fourth-order valence-corrected chi connectivity index (χ4v) is 4.61. The van der Waals surface area contributed by atoms with Gasteiger partial charge in [-0.25, -0.2) is 17.5 Å². The van der Waals surface area contributed by atoms with Crippen LogP contribution in [0.2, 0.25) is 0 Å². The largest absolute Gasteiger partial charge is 0.495 e. The Bertz CT molecular complexity index is 1280. The molecule has 1 aromatic heterocycles. The average Bonchev–Trinajstić information content (AvgIpc) is 3.45. The van der Waals surface area contributed by atoms with E-state index in [1.165, 1.54) is 25.3 Å². The second kappa shape index (κ2) is 7.37. The molecule has 2 aromatic carbocycles. The number of amides is 1. The van der Waals surface area contributed by atoms with Crippen molar-refractivity contribution in [1.29, 1.82) is 0 Å². The summed E-state index contributed by atoms with van der Waals surface area (Å²) >= 11 is 0. The van der Waals surface area contributed by atoms with Gasteiger partial charge < -0.3 is 9.15 Å². The summed E-state index contributed by atoms with van der Waals surface area (Å²) in [7, 11) is -2.92. The molecule has 0 radical (unpaired) electrons. The fourth-order valence-electron chi connectivity index (χ4n) is 3.46. The Balaban J connectivity index is 1.67. The van der Waals surface area contributed by atoms with Gasteiger partial charge in [0.25, 0.3) is 10.0 Å². The molecule has 6 nitrogen and oxygen atoms in total. The molecular weight excluding hydrogens is 421 g/mol. The summed E-state index contributed by atoms with van der Waals surface area (Å²) in [6.45, 7) is 5.84. The van der Waals surface area contributed by atoms with Gasteiger partial charge in [0.2, 0.25) is 0 Å². The van der Waals surface area contributed by atoms with E-state index in [2.05, 4.69) is 0 Å². The third-order valence-corrected chi connectivity index (χ3v) is 6.78. The maximum absolute atomic E-state index is 14.4. The SMILES string of the molecule is COc1ccc(C(C)(C)C)cc1S(=O)(=O)NC(=O)c1cc2c(F)cc(C3CC3)cc2o1. The molecule has 1 amide bonds. The lowest BCUT2D eigenvalue weighted by molar-refractivity contribution is 0.0956. The molecule has 0 unspecified atom stereocenters. The van der Waals surface area contributed by atoms with Gasteiger partial charge in [0.1, 0.15) is 22.0 Å². The number of furan rings is 1. The Morgan fingerprint density at radius 1 is 1.16 bits per heavy atom. The summed E-state index contributed by atoms with van der Waals surface area (Å²) in [6.07, 6.45) is 1.99. The molecule has 1 N–H and O–H groups in total. The van der Waals surface area contributed by atoms with Crippen LogP contribution < -0.4 is 9.46 Å². The van der Waals surface area contributed by atoms with Gasteiger partial charge in [-0.3, -0.25) is 4.79 Å². The molecule has 164 valence electrons. The highest BCUT2D eigenvalue weighted by atomic mass is 32.2. The Hall–Kier alpha value is -2.87. The number of ether oxygens (including phenoxy) is 1. The number of sulfonamides is 1. The van der Waals surface area contributed by atoms with Crippen LogP contribution in [0.15, 0.2) is 45.7 Å². The van der Waals surface area contributed by atoms with Crippen LogP contribution in [0.25, 0.3) is 11.0 Å². The number of halogens is 1. The van der Waals surface area contributed by atoms with E-state index in [0.717, 1.165) is 24.0 Å². The molecule has 3 aromatic rings. The Kier molecular flexibility index (Phi) is 5.08. The van der Waals surface area contributed by atoms with Crippen molar-refractivity contribution in [2.45, 2.75) is 49.8 Å². The van der Waals surface area contributed by atoms with Crippen LogP contribution in [0.3, 0.4) is 0 Å². The molecule has 4 rings (SSSR count). The van der Waals surface area contributed by atoms with E-state index in [0.29, 0.717) is 5.92 Å². The molecule has 1 aliphatic carbocycles. The molecule has 0 bridgehead atoms. The van der Waals surface area contributed by atoms with E-state index in [4.69, 9.17) is 9.15 Å². The first-order valence-electron chi connectivity index (χ1n) is 9.98. The zero-order chi connectivity index (χ0) is 22.6. The van der Waals surface area contributed by atoms with Crippen LogP contribution in [0, 0.1) is 5.82 Å². The highest BCUT2D eigenvalue weighted by molar-refractivity contribution is 7.90. The van der Waals surface area contributed by atoms with Crippen molar-refractivity contribution < 1.29 is 26.8 Å². The van der Waals surface area contributed by atoms with Crippen molar-refractivity contribution in [3.63, 3.8) is 0 Å². The average molecular weight is 446 g/mol. The van der Waals surface area contributed by atoms with Gasteiger partial charge in [-0.2, -0.15) is 0 Å². The topological polar surface area (TPSA) is 85.6 Å². The lowest BCUT2D eigenvalue weighted by Gasteiger charge is -2.21. The Labute approximate surface area is 180 Å². The van der Waals surface area contributed by atoms with E-state index in [9.17, 15) is 17.6 Å². The number of hydrogen-bond acceptors (Lipinski definition) is 5. The molecule has 1 heterocycles. The molecule has 1 fully saturated rings. The van der Waals surface area contributed by atoms with E-state index in [-0.39, 0.29) is 32.8 Å². The summed E-state index contributed by atoms with van der Waals surface area (Å²) in [5.74, 6) is -1.34. The molecule has 0 spiro atoms. The highest BCUT2D eigenvalue weighted by Crippen LogP contribution is 2.42. The Morgan fingerprint density at radius 2 is 1.87 bits per heavy atom. The highest BCUT2D eigenvalue weighted by Gasteiger charge is 2.28. The normalized spacial score (nSPS) is 14.6. The molecule has 8 heteroatoms. The smallest absolute Gasteiger partial charge is 0.300 e. The van der Waals surface area contributed by atoms with Gasteiger partial charge in [-0.1, -0.05) is 26.8 Å². The van der Waals surface area contributed by atoms with E-state index in [1.54, 1.807) is 18.2 Å². The monoisotopic (exact) mass is 445 g/mol. The number of fused-ring (bicyclic) bond motifs is 1. The lowest BCUT2D eigenvalue weighted by atomic mass is 9.87. The second-order valence-corrected chi connectivity index (χ2v) is 10.5. The van der Waals surface area contributed by atoms with E-state index < -0.39 is 21.7 Å². The van der Waals surface area contributed by atoms with Crippen molar-refractivity contribution >= 4 is 26.9 Å². The molecule has 31 heavy (non-hydrogen) atoms. The Morgan fingerprint density at radius 3 is 2.48 bits per heavy atom. The zero-order valence-electron chi connectivity index (χ0n) is 17.8. The molecule has 0 saturated heterocycles. The number of rotatable bonds is 5. The zero-order valence-corrected chi connectivity index (χ0v) is 18.6. The third kappa shape index (κ3) is 4.17. The molecule has 0 atom stereocenters. The summed E-state index contributed by atoms with van der Waals surface area (Å²) in [6, 6.07) is 9.17. The van der Waals surface area contributed by atoms with Crippen molar-refractivity contribution in [2.24, 2.45) is 0 Å². The van der Waals surface area contributed by atoms with Crippen molar-refractivity contribution in [3.05, 3.63) is 59.1 Å². The predicted octanol–water partition coefficient (Wildman–Crippen LogP) is 4.87. The summed E-state index contributed by atoms with van der Waals surface area (Å²) in [5, 5.41) is 0.138. The van der Waals surface area contributed by atoms with Gasteiger partial charge in [0.15, 0.2) is 5.76 Å². The number of hydrogen-bond donors (Lipinski definition) is 1. The lowest BCUT2D eigenvalue weighted by Crippen LogP contribution is -2.31. The van der Waals surface area contributed by atoms with Gasteiger partial charge in [-0.15, -0.1) is 0 Å². The third-order valence-electron chi connectivity index (χ3n) is 5.43. The second-order valence-electron chi connectivity index (χ2n) is 8.85. The first kappa shape index (κ1) is 21.4. The number of carbonyl (C=O) groups excluding carboxylic acids is 1. The van der Waals surface area contributed by atoms with Gasteiger partial charge >= 0.3 is 5.91 Å². The minimum absolute atomic E-state index is 0.109. The maximum Gasteiger partial charge on any atom is 0.300 e. The molecule has 1 saturated carbocycles. The van der Waals surface area contributed by atoms with Crippen LogP contribution in [0.5, 0.6) is 5.75 Å². The van der Waals surface area contributed by atoms with E-state index in [1.807, 2.05) is 25.5 Å². The molecular formula is C23H24FNO5S. The summed E-state index contributed by atoms with van der Waals surface area (Å²) in [4.78, 5) is 12.5. The quantitative estimate of drug-likeness (QED) is 0.605. The number of carbonyl (C=O) groups is 1. The minimum atomic E-state index is -4.27. The van der Waals surface area contributed by atoms with Crippen molar-refractivity contribution in [1.82, 2.24) is 4.72 Å². The first-order chi connectivity index (χ1) is 14.5. The van der Waals surface area contributed by atoms with Gasteiger partial charge in [-0.05, 0) is 59.6 Å². The number of benzene rings is 2. The number of nitrogens with one attached hydrogen (secondary N) is 1. The molecule has 1 aliphatic rings. The van der Waals surface area contributed by atoms with E-state index >= 15 is 0 Å². The van der Waals surface area contributed by atoms with Gasteiger partial charge in [0.05, 0.1) is 12.5 Å². The molecule has 0 aliphatic heterocycles. The standard InChI is InChI=1S/C23H24FNO5S/c1-23(2,3)15-7-8-18(29-4)21(11-15)31(27,28)25-22(26)20-12-16-17(24)9-14(13-5-6-13)10-19(16)30-20/h7-13H,5-6H2,1-4H3,(H,25,26). The summed E-state index contributed by atoms with van der Waals surface area (Å²) in [5.41, 5.74) is 1.50. The van der Waals surface area contributed by atoms with Crippen LogP contribution in [-0.2, 0) is 15.4 Å². The van der Waals surface area contributed by atoms with Crippen molar-refractivity contribution in [3.8, 4) is 5.75 Å². The number of methoxy groups -OCH3 is 1. The predicted molar refractivity (Wildman–Crippen MR) is 114 cm³/mol. The fraction of sp³-hybridized carbons (Fsp3) is 0.348. The van der Waals surface area contributed by atoms with Crippen LogP contribution >= 0.6 is 0 Å². The first-order valence-corrected chi connectivity index (χ1v) is 11.5. The minimum Gasteiger partial charge on any atom is -0.495 e. The van der Waals surface area contributed by atoms with Crippen LogP contribution in [0.4, 0.5) is 4.39 Å². The van der Waals surface area contributed by atoms with Crippen LogP contribution in [0.1, 0.15) is 61.2 Å².